The highest BCUT2D eigenvalue weighted by Crippen LogP contribution is 2.31. The molecule has 0 saturated heterocycles. The van der Waals surface area contributed by atoms with E-state index < -0.39 is 12.1 Å². The van der Waals surface area contributed by atoms with Crippen LogP contribution in [0.5, 0.6) is 0 Å². The van der Waals surface area contributed by atoms with Crippen LogP contribution in [0.1, 0.15) is 18.5 Å². The topological polar surface area (TPSA) is 72.3 Å². The first-order valence-corrected chi connectivity index (χ1v) is 5.28. The zero-order valence-corrected chi connectivity index (χ0v) is 10.0. The molecule has 0 heterocycles. The van der Waals surface area contributed by atoms with Gasteiger partial charge in [-0.2, -0.15) is 0 Å². The van der Waals surface area contributed by atoms with E-state index in [-0.39, 0.29) is 0 Å². The van der Waals surface area contributed by atoms with Gasteiger partial charge in [-0.1, -0.05) is 11.6 Å². The lowest BCUT2D eigenvalue weighted by atomic mass is 10.0. The lowest BCUT2D eigenvalue weighted by Gasteiger charge is -2.17. The molecule has 78 valence electrons. The summed E-state index contributed by atoms with van der Waals surface area (Å²) in [5.74, 6) is 0. The minimum atomic E-state index is -0.648. The molecule has 0 radical (unpaired) electrons. The molecular formula is C9H12BrClN2O. The number of benzene rings is 1. The zero-order valence-electron chi connectivity index (χ0n) is 7.67. The third-order valence-electron chi connectivity index (χ3n) is 2.00. The largest absolute Gasteiger partial charge is 0.398 e. The van der Waals surface area contributed by atoms with Crippen LogP contribution in [0.25, 0.3) is 0 Å². The van der Waals surface area contributed by atoms with Crippen molar-refractivity contribution in [1.29, 1.82) is 0 Å². The fourth-order valence-corrected chi connectivity index (χ4v) is 1.66. The van der Waals surface area contributed by atoms with Crippen LogP contribution in [-0.2, 0) is 0 Å². The fourth-order valence-electron chi connectivity index (χ4n) is 1.13. The maximum absolute atomic E-state index is 9.33. The highest BCUT2D eigenvalue weighted by Gasteiger charge is 2.16. The maximum Gasteiger partial charge on any atom is 0.0705 e. The Labute approximate surface area is 96.2 Å². The molecule has 0 bridgehead atoms. The van der Waals surface area contributed by atoms with Crippen LogP contribution in [0.4, 0.5) is 5.69 Å². The summed E-state index contributed by atoms with van der Waals surface area (Å²) in [6.45, 7) is 1.62. The summed E-state index contributed by atoms with van der Waals surface area (Å²) in [5.41, 5.74) is 12.7. The van der Waals surface area contributed by atoms with Crippen LogP contribution >= 0.6 is 27.5 Å². The van der Waals surface area contributed by atoms with E-state index in [4.69, 9.17) is 23.1 Å². The molecule has 0 aliphatic carbocycles. The van der Waals surface area contributed by atoms with Gasteiger partial charge in [-0.3, -0.25) is 0 Å². The van der Waals surface area contributed by atoms with Crippen molar-refractivity contribution in [2.24, 2.45) is 5.73 Å². The zero-order chi connectivity index (χ0) is 10.9. The first-order chi connectivity index (χ1) is 6.43. The summed E-state index contributed by atoms with van der Waals surface area (Å²) < 4.78 is 0.722. The number of anilines is 1. The summed E-state index contributed by atoms with van der Waals surface area (Å²) in [6, 6.07) is 2.85. The van der Waals surface area contributed by atoms with Gasteiger partial charge in [-0.25, -0.2) is 0 Å². The van der Waals surface area contributed by atoms with Gasteiger partial charge in [0, 0.05) is 10.2 Å². The smallest absolute Gasteiger partial charge is 0.0705 e. The second kappa shape index (κ2) is 4.49. The van der Waals surface area contributed by atoms with Gasteiger partial charge in [0.1, 0.15) is 0 Å². The highest BCUT2D eigenvalue weighted by atomic mass is 79.9. The standard InChI is InChI=1S/C9H12BrClN2O/c1-4(14)9(13)5-2-6(10)7(11)3-8(5)12/h2-4,9,14H,12-13H2,1H3/t4?,9-/m0/s1. The quantitative estimate of drug-likeness (QED) is 0.726. The van der Waals surface area contributed by atoms with Crippen molar-refractivity contribution >= 4 is 33.2 Å². The Bertz CT molecular complexity index is 344. The number of hydrogen-bond donors (Lipinski definition) is 3. The predicted octanol–water partition coefficient (Wildman–Crippen LogP) is 2.07. The summed E-state index contributed by atoms with van der Waals surface area (Å²) in [4.78, 5) is 0. The number of aliphatic hydroxyl groups excluding tert-OH is 1. The Hall–Kier alpha value is -0.290. The van der Waals surface area contributed by atoms with Crippen molar-refractivity contribution in [1.82, 2.24) is 0 Å². The molecule has 5 N–H and O–H groups in total. The molecule has 14 heavy (non-hydrogen) atoms. The summed E-state index contributed by atoms with van der Waals surface area (Å²) in [6.07, 6.45) is -0.648. The van der Waals surface area contributed by atoms with E-state index in [9.17, 15) is 5.11 Å². The third kappa shape index (κ3) is 2.39. The second-order valence-electron chi connectivity index (χ2n) is 3.16. The highest BCUT2D eigenvalue weighted by molar-refractivity contribution is 9.10. The van der Waals surface area contributed by atoms with Gasteiger partial charge in [0.15, 0.2) is 0 Å². The van der Waals surface area contributed by atoms with Crippen molar-refractivity contribution in [3.63, 3.8) is 0 Å². The molecule has 0 saturated carbocycles. The molecule has 5 heteroatoms. The number of aliphatic hydroxyl groups is 1. The number of hydrogen-bond acceptors (Lipinski definition) is 3. The van der Waals surface area contributed by atoms with Crippen LogP contribution in [0, 0.1) is 0 Å². The van der Waals surface area contributed by atoms with Crippen molar-refractivity contribution in [3.05, 3.63) is 27.2 Å². The van der Waals surface area contributed by atoms with Crippen molar-refractivity contribution in [2.45, 2.75) is 19.1 Å². The van der Waals surface area contributed by atoms with Gasteiger partial charge in [0.25, 0.3) is 0 Å². The first-order valence-electron chi connectivity index (χ1n) is 4.11. The van der Waals surface area contributed by atoms with Crippen molar-refractivity contribution in [2.75, 3.05) is 5.73 Å². The Kier molecular flexibility index (Phi) is 3.78. The van der Waals surface area contributed by atoms with Crippen molar-refractivity contribution < 1.29 is 5.11 Å². The molecule has 0 aliphatic heterocycles. The molecular weight excluding hydrogens is 267 g/mol. The first kappa shape index (κ1) is 11.8. The van der Waals surface area contributed by atoms with Crippen LogP contribution in [0.15, 0.2) is 16.6 Å². The van der Waals surface area contributed by atoms with Crippen molar-refractivity contribution in [3.8, 4) is 0 Å². The maximum atomic E-state index is 9.33. The molecule has 0 amide bonds. The lowest BCUT2D eigenvalue weighted by molar-refractivity contribution is 0.164. The average Bonchev–Trinajstić information content (AvgIpc) is 2.10. The van der Waals surface area contributed by atoms with Gasteiger partial charge >= 0.3 is 0 Å². The molecule has 1 rings (SSSR count). The molecule has 0 fully saturated rings. The summed E-state index contributed by atoms with van der Waals surface area (Å²) >= 11 is 9.11. The summed E-state index contributed by atoms with van der Waals surface area (Å²) in [7, 11) is 0. The van der Waals surface area contributed by atoms with Crippen LogP contribution in [0.2, 0.25) is 5.02 Å². The molecule has 0 spiro atoms. The Morgan fingerprint density at radius 3 is 2.57 bits per heavy atom. The number of nitrogens with two attached hydrogens (primary N) is 2. The molecule has 3 nitrogen and oxygen atoms in total. The second-order valence-corrected chi connectivity index (χ2v) is 4.42. The van der Waals surface area contributed by atoms with Gasteiger partial charge in [-0.05, 0) is 40.5 Å². The van der Waals surface area contributed by atoms with Gasteiger partial charge < -0.3 is 16.6 Å². The van der Waals surface area contributed by atoms with Crippen LogP contribution in [0.3, 0.4) is 0 Å². The fraction of sp³-hybridized carbons (Fsp3) is 0.333. The Morgan fingerprint density at radius 2 is 2.07 bits per heavy atom. The van der Waals surface area contributed by atoms with E-state index >= 15 is 0 Å². The number of halogens is 2. The van der Waals surface area contributed by atoms with E-state index in [2.05, 4.69) is 15.9 Å². The number of rotatable bonds is 2. The van der Waals surface area contributed by atoms with Gasteiger partial charge in [-0.15, -0.1) is 0 Å². The lowest BCUT2D eigenvalue weighted by Crippen LogP contribution is -2.24. The molecule has 2 atom stereocenters. The molecule has 1 unspecified atom stereocenters. The van der Waals surface area contributed by atoms with E-state index in [1.165, 1.54) is 0 Å². The van der Waals surface area contributed by atoms with Gasteiger partial charge in [0.2, 0.25) is 0 Å². The number of nitrogen functional groups attached to an aromatic ring is 1. The molecule has 1 aromatic rings. The average molecular weight is 280 g/mol. The monoisotopic (exact) mass is 278 g/mol. The SMILES string of the molecule is CC(O)[C@H](N)c1cc(Br)c(Cl)cc1N. The molecule has 0 aliphatic rings. The minimum Gasteiger partial charge on any atom is -0.398 e. The molecule has 0 aromatic heterocycles. The predicted molar refractivity (Wildman–Crippen MR) is 62.2 cm³/mol. The van der Waals surface area contributed by atoms with E-state index in [0.29, 0.717) is 16.3 Å². The van der Waals surface area contributed by atoms with Crippen LogP contribution < -0.4 is 11.5 Å². The summed E-state index contributed by atoms with van der Waals surface area (Å²) in [5, 5.41) is 9.86. The molecule has 1 aromatic carbocycles. The van der Waals surface area contributed by atoms with E-state index in [1.54, 1.807) is 19.1 Å². The minimum absolute atomic E-state index is 0.492. The van der Waals surface area contributed by atoms with E-state index in [1.807, 2.05) is 0 Å². The Morgan fingerprint density at radius 1 is 1.50 bits per heavy atom. The normalized spacial score (nSPS) is 15.2. The van der Waals surface area contributed by atoms with Crippen LogP contribution in [-0.4, -0.2) is 11.2 Å². The van der Waals surface area contributed by atoms with Gasteiger partial charge in [0.05, 0.1) is 17.2 Å². The Balaban J connectivity index is 3.15. The van der Waals surface area contributed by atoms with E-state index in [0.717, 1.165) is 4.47 Å². The third-order valence-corrected chi connectivity index (χ3v) is 3.20.